The van der Waals surface area contributed by atoms with Crippen molar-refractivity contribution in [2.75, 3.05) is 25.5 Å². The lowest BCUT2D eigenvalue weighted by atomic mass is 10.1. The Bertz CT molecular complexity index is 651. The number of para-hydroxylation sites is 1. The Kier molecular flexibility index (Phi) is 6.24. The summed E-state index contributed by atoms with van der Waals surface area (Å²) in [7, 11) is 1.65. The van der Waals surface area contributed by atoms with Crippen LogP contribution in [0.5, 0.6) is 5.75 Å². The van der Waals surface area contributed by atoms with Crippen LogP contribution in [0.1, 0.15) is 15.9 Å². The predicted octanol–water partition coefficient (Wildman–Crippen LogP) is 3.27. The zero-order chi connectivity index (χ0) is 16.5. The van der Waals surface area contributed by atoms with Crippen LogP contribution >= 0.6 is 0 Å². The van der Waals surface area contributed by atoms with Crippen LogP contribution in [0, 0.1) is 0 Å². The summed E-state index contributed by atoms with van der Waals surface area (Å²) in [6, 6.07) is 15.3. The van der Waals surface area contributed by atoms with Gasteiger partial charge in [0.15, 0.2) is 0 Å². The quantitative estimate of drug-likeness (QED) is 0.736. The second-order valence-corrected chi connectivity index (χ2v) is 5.07. The van der Waals surface area contributed by atoms with Gasteiger partial charge in [0.05, 0.1) is 12.7 Å². The van der Waals surface area contributed by atoms with Crippen LogP contribution in [0.4, 0.5) is 5.69 Å². The van der Waals surface area contributed by atoms with Gasteiger partial charge >= 0.3 is 0 Å². The minimum absolute atomic E-state index is 0.0781. The van der Waals surface area contributed by atoms with Gasteiger partial charge < -0.3 is 15.4 Å². The van der Waals surface area contributed by atoms with E-state index in [0.29, 0.717) is 18.7 Å². The predicted molar refractivity (Wildman–Crippen MR) is 94.2 cm³/mol. The lowest BCUT2D eigenvalue weighted by molar-refractivity contribution is 0.0955. The first-order valence-electron chi connectivity index (χ1n) is 7.59. The minimum atomic E-state index is -0.0781. The minimum Gasteiger partial charge on any atom is -0.497 e. The summed E-state index contributed by atoms with van der Waals surface area (Å²) in [6.07, 6.45) is 2.54. The fourth-order valence-electron chi connectivity index (χ4n) is 2.23. The van der Waals surface area contributed by atoms with E-state index < -0.39 is 0 Å². The maximum absolute atomic E-state index is 12.3. The van der Waals surface area contributed by atoms with E-state index in [9.17, 15) is 4.79 Å². The lowest BCUT2D eigenvalue weighted by Crippen LogP contribution is -2.26. The van der Waals surface area contributed by atoms with E-state index >= 15 is 0 Å². The maximum Gasteiger partial charge on any atom is 0.253 e. The Morgan fingerprint density at radius 3 is 2.61 bits per heavy atom. The molecular formula is C19H22N2O2. The highest BCUT2D eigenvalue weighted by Gasteiger charge is 2.09. The highest BCUT2D eigenvalue weighted by atomic mass is 16.5. The summed E-state index contributed by atoms with van der Waals surface area (Å²) >= 11 is 0. The van der Waals surface area contributed by atoms with Gasteiger partial charge in [0.1, 0.15) is 5.75 Å². The average Bonchev–Trinajstić information content (AvgIpc) is 2.60. The number of carbonyl (C=O) groups excluding carboxylic acids is 1. The van der Waals surface area contributed by atoms with E-state index in [-0.39, 0.29) is 5.91 Å². The first-order valence-corrected chi connectivity index (χ1v) is 7.59. The normalized spacial score (nSPS) is 9.96. The number of benzene rings is 2. The largest absolute Gasteiger partial charge is 0.497 e. The van der Waals surface area contributed by atoms with E-state index in [1.54, 1.807) is 13.2 Å². The van der Waals surface area contributed by atoms with E-state index in [0.717, 1.165) is 23.4 Å². The molecule has 0 fully saturated rings. The zero-order valence-corrected chi connectivity index (χ0v) is 13.3. The van der Waals surface area contributed by atoms with E-state index in [1.165, 1.54) is 0 Å². The van der Waals surface area contributed by atoms with Crippen molar-refractivity contribution >= 4 is 11.6 Å². The highest BCUT2D eigenvalue weighted by Crippen LogP contribution is 2.15. The van der Waals surface area contributed by atoms with Crippen LogP contribution < -0.4 is 15.4 Å². The van der Waals surface area contributed by atoms with Crippen LogP contribution in [-0.2, 0) is 6.42 Å². The fourth-order valence-corrected chi connectivity index (χ4v) is 2.23. The summed E-state index contributed by atoms with van der Waals surface area (Å²) in [5.41, 5.74) is 2.61. The van der Waals surface area contributed by atoms with E-state index in [4.69, 9.17) is 4.74 Å². The molecule has 2 N–H and O–H groups in total. The van der Waals surface area contributed by atoms with Crippen molar-refractivity contribution < 1.29 is 9.53 Å². The Morgan fingerprint density at radius 2 is 1.91 bits per heavy atom. The molecule has 0 saturated heterocycles. The Morgan fingerprint density at radius 1 is 1.17 bits per heavy atom. The maximum atomic E-state index is 12.3. The number of methoxy groups -OCH3 is 1. The van der Waals surface area contributed by atoms with Crippen LogP contribution in [-0.4, -0.2) is 26.1 Å². The molecule has 2 aromatic carbocycles. The van der Waals surface area contributed by atoms with Gasteiger partial charge in [-0.25, -0.2) is 0 Å². The molecule has 4 nitrogen and oxygen atoms in total. The Balaban J connectivity index is 1.90. The van der Waals surface area contributed by atoms with E-state index in [1.807, 2.05) is 48.5 Å². The summed E-state index contributed by atoms with van der Waals surface area (Å²) in [5, 5.41) is 6.13. The van der Waals surface area contributed by atoms with Gasteiger partial charge in [-0.15, -0.1) is 6.58 Å². The molecule has 0 heterocycles. The molecule has 2 aromatic rings. The first kappa shape index (κ1) is 16.6. The molecule has 0 saturated carbocycles. The standard InChI is InChI=1S/C19H22N2O2/c1-3-13-20-18-7-5-4-6-17(18)19(22)21-14-12-15-8-10-16(23-2)11-9-15/h3-11,20H,1,12-14H2,2H3,(H,21,22). The molecule has 0 radical (unpaired) electrons. The molecule has 4 heteroatoms. The van der Waals surface area contributed by atoms with Gasteiger partial charge in [0.2, 0.25) is 0 Å². The molecule has 0 spiro atoms. The smallest absolute Gasteiger partial charge is 0.253 e. The van der Waals surface area contributed by atoms with Gasteiger partial charge in [0.25, 0.3) is 5.91 Å². The molecule has 0 atom stereocenters. The summed E-state index contributed by atoms with van der Waals surface area (Å²) in [5.74, 6) is 0.755. The molecule has 0 unspecified atom stereocenters. The molecule has 0 aliphatic rings. The number of hydrogen-bond acceptors (Lipinski definition) is 3. The monoisotopic (exact) mass is 310 g/mol. The van der Waals surface area contributed by atoms with E-state index in [2.05, 4.69) is 17.2 Å². The molecule has 23 heavy (non-hydrogen) atoms. The van der Waals surface area contributed by atoms with Crippen LogP contribution in [0.3, 0.4) is 0 Å². The van der Waals surface area contributed by atoms with Crippen LogP contribution in [0.15, 0.2) is 61.2 Å². The van der Waals surface area contributed by atoms with Gasteiger partial charge in [0, 0.05) is 18.8 Å². The average molecular weight is 310 g/mol. The number of amides is 1. The van der Waals surface area contributed by atoms with Crippen molar-refractivity contribution in [3.63, 3.8) is 0 Å². The zero-order valence-electron chi connectivity index (χ0n) is 13.3. The third-order valence-corrected chi connectivity index (χ3v) is 3.47. The van der Waals surface area contributed by atoms with Crippen molar-refractivity contribution in [1.29, 1.82) is 0 Å². The third kappa shape index (κ3) is 4.88. The van der Waals surface area contributed by atoms with Crippen molar-refractivity contribution in [3.8, 4) is 5.75 Å². The number of rotatable bonds is 8. The summed E-state index contributed by atoms with van der Waals surface area (Å²) in [4.78, 5) is 12.3. The number of hydrogen-bond donors (Lipinski definition) is 2. The number of ether oxygens (including phenoxy) is 1. The molecule has 120 valence electrons. The second-order valence-electron chi connectivity index (χ2n) is 5.07. The number of carbonyl (C=O) groups is 1. The molecule has 0 aliphatic heterocycles. The van der Waals surface area contributed by atoms with Crippen molar-refractivity contribution in [3.05, 3.63) is 72.3 Å². The molecule has 0 aliphatic carbocycles. The van der Waals surface area contributed by atoms with Gasteiger partial charge in [-0.05, 0) is 36.2 Å². The SMILES string of the molecule is C=CCNc1ccccc1C(=O)NCCc1ccc(OC)cc1. The number of nitrogens with one attached hydrogen (secondary N) is 2. The van der Waals surface area contributed by atoms with Gasteiger partial charge in [-0.3, -0.25) is 4.79 Å². The van der Waals surface area contributed by atoms with Crippen LogP contribution in [0.2, 0.25) is 0 Å². The van der Waals surface area contributed by atoms with Crippen molar-refractivity contribution in [1.82, 2.24) is 5.32 Å². The highest BCUT2D eigenvalue weighted by molar-refractivity contribution is 5.99. The van der Waals surface area contributed by atoms with Crippen molar-refractivity contribution in [2.24, 2.45) is 0 Å². The molecule has 2 rings (SSSR count). The van der Waals surface area contributed by atoms with Gasteiger partial charge in [-0.1, -0.05) is 30.3 Å². The molecule has 1 amide bonds. The Hall–Kier alpha value is -2.75. The molecular weight excluding hydrogens is 288 g/mol. The lowest BCUT2D eigenvalue weighted by Gasteiger charge is -2.11. The first-order chi connectivity index (χ1) is 11.2. The summed E-state index contributed by atoms with van der Waals surface area (Å²) < 4.78 is 5.13. The third-order valence-electron chi connectivity index (χ3n) is 3.47. The second kappa shape index (κ2) is 8.63. The number of anilines is 1. The van der Waals surface area contributed by atoms with Gasteiger partial charge in [-0.2, -0.15) is 0 Å². The topological polar surface area (TPSA) is 50.4 Å². The summed E-state index contributed by atoms with van der Waals surface area (Å²) in [6.45, 7) is 4.88. The fraction of sp³-hybridized carbons (Fsp3) is 0.211. The van der Waals surface area contributed by atoms with Crippen LogP contribution in [0.25, 0.3) is 0 Å². The molecule has 0 bridgehead atoms. The Labute approximate surface area is 137 Å². The van der Waals surface area contributed by atoms with Crippen molar-refractivity contribution in [2.45, 2.75) is 6.42 Å². The molecule has 0 aromatic heterocycles.